The van der Waals surface area contributed by atoms with Crippen molar-refractivity contribution >= 4 is 11.8 Å². The number of nitrogens with one attached hydrogen (secondary N) is 1. The summed E-state index contributed by atoms with van der Waals surface area (Å²) in [7, 11) is 0. The lowest BCUT2D eigenvalue weighted by Crippen LogP contribution is -2.37. The van der Waals surface area contributed by atoms with E-state index in [9.17, 15) is 9.59 Å². The molecule has 5 nitrogen and oxygen atoms in total. The lowest BCUT2D eigenvalue weighted by atomic mass is 10.1. The third-order valence-electron chi connectivity index (χ3n) is 3.09. The molecule has 1 N–H and O–H groups in total. The van der Waals surface area contributed by atoms with Gasteiger partial charge < -0.3 is 14.6 Å². The van der Waals surface area contributed by atoms with Crippen LogP contribution in [-0.2, 0) is 4.79 Å². The van der Waals surface area contributed by atoms with E-state index < -0.39 is 0 Å². The first kappa shape index (κ1) is 17.3. The fourth-order valence-corrected chi connectivity index (χ4v) is 1.93. The van der Waals surface area contributed by atoms with Crippen molar-refractivity contribution in [1.29, 1.82) is 0 Å². The largest absolute Gasteiger partial charge is 0.472 e. The molecular weight excluding hydrogens is 268 g/mol. The Balaban J connectivity index is 2.60. The highest BCUT2D eigenvalue weighted by Crippen LogP contribution is 2.09. The number of amides is 2. The van der Waals surface area contributed by atoms with E-state index >= 15 is 0 Å². The van der Waals surface area contributed by atoms with Gasteiger partial charge in [-0.3, -0.25) is 9.59 Å². The summed E-state index contributed by atoms with van der Waals surface area (Å²) in [5.41, 5.74) is 0.531. The molecule has 1 rings (SSSR count). The molecule has 5 heteroatoms. The zero-order chi connectivity index (χ0) is 15.8. The smallest absolute Gasteiger partial charge is 0.257 e. The SMILES string of the molecule is CC(C)CCN(CCC(=O)NC(C)C)C(=O)c1ccoc1. The molecule has 0 aliphatic rings. The van der Waals surface area contributed by atoms with Gasteiger partial charge in [0.2, 0.25) is 5.91 Å². The first-order valence-electron chi connectivity index (χ1n) is 7.51. The van der Waals surface area contributed by atoms with Gasteiger partial charge in [0.25, 0.3) is 5.91 Å². The number of hydrogen-bond donors (Lipinski definition) is 1. The highest BCUT2D eigenvalue weighted by molar-refractivity contribution is 5.94. The second-order valence-electron chi connectivity index (χ2n) is 5.96. The van der Waals surface area contributed by atoms with Crippen LogP contribution in [0.3, 0.4) is 0 Å². The molecule has 0 unspecified atom stereocenters. The Kier molecular flexibility index (Phi) is 6.99. The van der Waals surface area contributed by atoms with E-state index in [1.807, 2.05) is 13.8 Å². The Bertz CT molecular complexity index is 438. The second kappa shape index (κ2) is 8.49. The maximum atomic E-state index is 12.4. The summed E-state index contributed by atoms with van der Waals surface area (Å²) in [6, 6.07) is 1.77. The quantitative estimate of drug-likeness (QED) is 0.802. The van der Waals surface area contributed by atoms with Crippen molar-refractivity contribution in [2.75, 3.05) is 13.1 Å². The van der Waals surface area contributed by atoms with Crippen molar-refractivity contribution in [3.05, 3.63) is 24.2 Å². The first-order chi connectivity index (χ1) is 9.90. The fourth-order valence-electron chi connectivity index (χ4n) is 1.93. The van der Waals surface area contributed by atoms with Gasteiger partial charge in [-0.05, 0) is 32.3 Å². The summed E-state index contributed by atoms with van der Waals surface area (Å²) in [5, 5.41) is 2.84. The maximum absolute atomic E-state index is 12.4. The molecule has 0 radical (unpaired) electrons. The number of hydrogen-bond acceptors (Lipinski definition) is 3. The number of nitrogens with zero attached hydrogens (tertiary/aromatic N) is 1. The summed E-state index contributed by atoms with van der Waals surface area (Å²) in [6.07, 6.45) is 4.16. The molecule has 0 saturated carbocycles. The lowest BCUT2D eigenvalue weighted by molar-refractivity contribution is -0.121. The van der Waals surface area contributed by atoms with Crippen molar-refractivity contribution in [3.8, 4) is 0 Å². The molecule has 0 fully saturated rings. The van der Waals surface area contributed by atoms with E-state index in [0.717, 1.165) is 6.42 Å². The summed E-state index contributed by atoms with van der Waals surface area (Å²) >= 11 is 0. The molecule has 0 aliphatic carbocycles. The molecule has 0 bridgehead atoms. The van der Waals surface area contributed by atoms with E-state index in [0.29, 0.717) is 31.0 Å². The van der Waals surface area contributed by atoms with Crippen molar-refractivity contribution in [1.82, 2.24) is 10.2 Å². The van der Waals surface area contributed by atoms with Crippen LogP contribution in [0.5, 0.6) is 0 Å². The Hall–Kier alpha value is -1.78. The van der Waals surface area contributed by atoms with E-state index in [-0.39, 0.29) is 17.9 Å². The Morgan fingerprint density at radius 2 is 1.95 bits per heavy atom. The van der Waals surface area contributed by atoms with Gasteiger partial charge in [-0.15, -0.1) is 0 Å². The average molecular weight is 294 g/mol. The van der Waals surface area contributed by atoms with Gasteiger partial charge in [0.1, 0.15) is 6.26 Å². The third-order valence-corrected chi connectivity index (χ3v) is 3.09. The number of furan rings is 1. The van der Waals surface area contributed by atoms with Crippen LogP contribution in [-0.4, -0.2) is 35.8 Å². The molecule has 0 spiro atoms. The van der Waals surface area contributed by atoms with E-state index in [1.54, 1.807) is 11.0 Å². The van der Waals surface area contributed by atoms with Crippen molar-refractivity contribution in [3.63, 3.8) is 0 Å². The molecule has 0 atom stereocenters. The van der Waals surface area contributed by atoms with Gasteiger partial charge in [-0.2, -0.15) is 0 Å². The molecule has 0 saturated heterocycles. The summed E-state index contributed by atoms with van der Waals surface area (Å²) < 4.78 is 4.96. The molecule has 0 aliphatic heterocycles. The van der Waals surface area contributed by atoms with Crippen LogP contribution >= 0.6 is 0 Å². The highest BCUT2D eigenvalue weighted by atomic mass is 16.3. The normalized spacial score (nSPS) is 11.0. The fraction of sp³-hybridized carbons (Fsp3) is 0.625. The topological polar surface area (TPSA) is 62.6 Å². The average Bonchev–Trinajstić information content (AvgIpc) is 2.90. The van der Waals surface area contributed by atoms with E-state index in [1.165, 1.54) is 12.5 Å². The Labute approximate surface area is 126 Å². The molecule has 0 aromatic carbocycles. The Morgan fingerprint density at radius 1 is 1.24 bits per heavy atom. The highest BCUT2D eigenvalue weighted by Gasteiger charge is 2.18. The molecule has 1 heterocycles. The van der Waals surface area contributed by atoms with Gasteiger partial charge in [0.05, 0.1) is 11.8 Å². The monoisotopic (exact) mass is 294 g/mol. The maximum Gasteiger partial charge on any atom is 0.257 e. The Morgan fingerprint density at radius 3 is 2.48 bits per heavy atom. The minimum Gasteiger partial charge on any atom is -0.472 e. The predicted octanol–water partition coefficient (Wildman–Crippen LogP) is 2.68. The minimum absolute atomic E-state index is 0.0282. The number of carbonyl (C=O) groups excluding carboxylic acids is 2. The summed E-state index contributed by atoms with van der Waals surface area (Å²) in [6.45, 7) is 9.15. The predicted molar refractivity (Wildman–Crippen MR) is 82.0 cm³/mol. The van der Waals surface area contributed by atoms with Crippen molar-refractivity contribution in [2.24, 2.45) is 5.92 Å². The molecule has 1 aromatic heterocycles. The molecule has 1 aromatic rings. The summed E-state index contributed by atoms with van der Waals surface area (Å²) in [5.74, 6) is 0.399. The van der Waals surface area contributed by atoms with Crippen LogP contribution in [0.1, 0.15) is 50.9 Å². The zero-order valence-electron chi connectivity index (χ0n) is 13.4. The number of rotatable bonds is 8. The second-order valence-corrected chi connectivity index (χ2v) is 5.96. The van der Waals surface area contributed by atoms with E-state index in [4.69, 9.17) is 4.42 Å². The van der Waals surface area contributed by atoms with E-state index in [2.05, 4.69) is 19.2 Å². The van der Waals surface area contributed by atoms with Crippen LogP contribution in [0.15, 0.2) is 23.0 Å². The first-order valence-corrected chi connectivity index (χ1v) is 7.51. The standard InChI is InChI=1S/C16H26N2O3/c1-12(2)5-8-18(9-6-15(19)17-13(3)4)16(20)14-7-10-21-11-14/h7,10-13H,5-6,8-9H2,1-4H3,(H,17,19). The van der Waals surface area contributed by atoms with Gasteiger partial charge in [0, 0.05) is 25.6 Å². The molecule has 2 amide bonds. The van der Waals surface area contributed by atoms with Gasteiger partial charge in [-0.1, -0.05) is 13.8 Å². The third kappa shape index (κ3) is 6.47. The van der Waals surface area contributed by atoms with Crippen LogP contribution in [0.2, 0.25) is 0 Å². The molecule has 118 valence electrons. The van der Waals surface area contributed by atoms with Gasteiger partial charge in [-0.25, -0.2) is 0 Å². The van der Waals surface area contributed by atoms with Crippen LogP contribution in [0.25, 0.3) is 0 Å². The van der Waals surface area contributed by atoms with Crippen LogP contribution < -0.4 is 5.32 Å². The van der Waals surface area contributed by atoms with Gasteiger partial charge in [0.15, 0.2) is 0 Å². The summed E-state index contributed by atoms with van der Waals surface area (Å²) in [4.78, 5) is 25.9. The zero-order valence-corrected chi connectivity index (χ0v) is 13.4. The minimum atomic E-state index is -0.0817. The van der Waals surface area contributed by atoms with Crippen LogP contribution in [0.4, 0.5) is 0 Å². The number of carbonyl (C=O) groups is 2. The molecule has 21 heavy (non-hydrogen) atoms. The van der Waals surface area contributed by atoms with Crippen molar-refractivity contribution in [2.45, 2.75) is 46.6 Å². The van der Waals surface area contributed by atoms with Crippen LogP contribution in [0, 0.1) is 5.92 Å². The molecular formula is C16H26N2O3. The lowest BCUT2D eigenvalue weighted by Gasteiger charge is -2.23. The van der Waals surface area contributed by atoms with Gasteiger partial charge >= 0.3 is 0 Å². The van der Waals surface area contributed by atoms with Crippen molar-refractivity contribution < 1.29 is 14.0 Å².